The first kappa shape index (κ1) is 9.58. The lowest BCUT2D eigenvalue weighted by Gasteiger charge is -2.04. The van der Waals surface area contributed by atoms with Crippen LogP contribution in [0.5, 0.6) is 0 Å². The highest BCUT2D eigenvalue weighted by molar-refractivity contribution is 6.04. The molecule has 1 aromatic heterocycles. The van der Waals surface area contributed by atoms with Gasteiger partial charge in [0.25, 0.3) is 0 Å². The van der Waals surface area contributed by atoms with Crippen molar-refractivity contribution in [3.05, 3.63) is 42.0 Å². The fourth-order valence-corrected chi connectivity index (χ4v) is 1.45. The molecule has 4 heteroatoms. The molecule has 0 saturated carbocycles. The molecule has 2 rings (SSSR count). The Balaban J connectivity index is 2.77. The molecule has 0 bridgehead atoms. The monoisotopic (exact) mass is 205 g/mol. The number of benzene rings is 1. The highest BCUT2D eigenvalue weighted by atomic mass is 19.1. The van der Waals surface area contributed by atoms with E-state index < -0.39 is 11.8 Å². The minimum Gasteiger partial charge on any atom is -0.465 e. The van der Waals surface area contributed by atoms with Crippen LogP contribution in [0.3, 0.4) is 0 Å². The third-order valence-corrected chi connectivity index (χ3v) is 2.16. The van der Waals surface area contributed by atoms with Crippen molar-refractivity contribution in [2.45, 2.75) is 0 Å². The van der Waals surface area contributed by atoms with E-state index in [1.54, 1.807) is 18.2 Å². The van der Waals surface area contributed by atoms with Crippen LogP contribution in [0.4, 0.5) is 4.39 Å². The molecular weight excluding hydrogens is 197 g/mol. The number of carbonyl (C=O) groups is 1. The second-order valence-electron chi connectivity index (χ2n) is 3.01. The molecule has 1 heterocycles. The fraction of sp³-hybridized carbons (Fsp3) is 0.0909. The summed E-state index contributed by atoms with van der Waals surface area (Å²) in [4.78, 5) is 15.1. The third kappa shape index (κ3) is 1.54. The van der Waals surface area contributed by atoms with Gasteiger partial charge in [0.1, 0.15) is 5.82 Å². The second kappa shape index (κ2) is 3.65. The number of fused-ring (bicyclic) bond motifs is 1. The Kier molecular flexibility index (Phi) is 2.33. The third-order valence-electron chi connectivity index (χ3n) is 2.16. The Labute approximate surface area is 85.5 Å². The zero-order chi connectivity index (χ0) is 10.8. The van der Waals surface area contributed by atoms with E-state index in [9.17, 15) is 9.18 Å². The minimum absolute atomic E-state index is 0.321. The SMILES string of the molecule is COC(=O)c1cccc2c(F)cncc12. The average molecular weight is 205 g/mol. The number of aromatic nitrogens is 1. The van der Waals surface area contributed by atoms with E-state index in [-0.39, 0.29) is 0 Å². The summed E-state index contributed by atoms with van der Waals surface area (Å²) >= 11 is 0. The van der Waals surface area contributed by atoms with E-state index in [1.807, 2.05) is 0 Å². The van der Waals surface area contributed by atoms with E-state index in [4.69, 9.17) is 0 Å². The molecule has 76 valence electrons. The lowest BCUT2D eigenvalue weighted by atomic mass is 10.1. The quantitative estimate of drug-likeness (QED) is 0.669. The molecule has 0 N–H and O–H groups in total. The second-order valence-corrected chi connectivity index (χ2v) is 3.01. The van der Waals surface area contributed by atoms with Crippen LogP contribution in [0.25, 0.3) is 10.8 Å². The highest BCUT2D eigenvalue weighted by Gasteiger charge is 2.11. The Morgan fingerprint density at radius 1 is 1.33 bits per heavy atom. The van der Waals surface area contributed by atoms with Crippen LogP contribution in [-0.2, 0) is 4.74 Å². The molecular formula is C11H8FNO2. The standard InChI is InChI=1S/C11H8FNO2/c1-15-11(14)8-4-2-3-7-9(8)5-13-6-10(7)12/h2-6H,1H3. The lowest BCUT2D eigenvalue weighted by Crippen LogP contribution is -2.02. The van der Waals surface area contributed by atoms with Gasteiger partial charge in [0.15, 0.2) is 0 Å². The van der Waals surface area contributed by atoms with Crippen molar-refractivity contribution in [3.63, 3.8) is 0 Å². The summed E-state index contributed by atoms with van der Waals surface area (Å²) in [6, 6.07) is 4.78. The number of carbonyl (C=O) groups excluding carboxylic acids is 1. The largest absolute Gasteiger partial charge is 0.465 e. The molecule has 0 spiro atoms. The molecule has 1 aromatic carbocycles. The molecule has 0 radical (unpaired) electrons. The Bertz CT molecular complexity index is 525. The van der Waals surface area contributed by atoms with Crippen molar-refractivity contribution in [2.24, 2.45) is 0 Å². The summed E-state index contributed by atoms with van der Waals surface area (Å²) < 4.78 is 17.9. The number of methoxy groups -OCH3 is 1. The molecule has 0 atom stereocenters. The van der Waals surface area contributed by atoms with Crippen molar-refractivity contribution >= 4 is 16.7 Å². The molecule has 0 aliphatic heterocycles. The molecule has 0 fully saturated rings. The summed E-state index contributed by atoms with van der Waals surface area (Å²) in [6.07, 6.45) is 2.56. The zero-order valence-electron chi connectivity index (χ0n) is 8.03. The predicted molar refractivity (Wildman–Crippen MR) is 53.0 cm³/mol. The predicted octanol–water partition coefficient (Wildman–Crippen LogP) is 2.16. The van der Waals surface area contributed by atoms with Crippen molar-refractivity contribution in [2.75, 3.05) is 7.11 Å². The number of pyridine rings is 1. The van der Waals surface area contributed by atoms with E-state index >= 15 is 0 Å². The van der Waals surface area contributed by atoms with E-state index in [2.05, 4.69) is 9.72 Å². The Morgan fingerprint density at radius 2 is 2.13 bits per heavy atom. The number of nitrogens with zero attached hydrogens (tertiary/aromatic N) is 1. The first-order valence-electron chi connectivity index (χ1n) is 4.34. The van der Waals surface area contributed by atoms with Gasteiger partial charge in [-0.3, -0.25) is 4.98 Å². The van der Waals surface area contributed by atoms with E-state index in [0.717, 1.165) is 6.20 Å². The highest BCUT2D eigenvalue weighted by Crippen LogP contribution is 2.20. The number of rotatable bonds is 1. The summed E-state index contributed by atoms with van der Waals surface area (Å²) in [5, 5.41) is 0.831. The number of halogens is 1. The maximum Gasteiger partial charge on any atom is 0.338 e. The van der Waals surface area contributed by atoms with Gasteiger partial charge in [-0.05, 0) is 6.07 Å². The Hall–Kier alpha value is -1.97. The molecule has 0 aliphatic carbocycles. The lowest BCUT2D eigenvalue weighted by molar-refractivity contribution is 0.0603. The fourth-order valence-electron chi connectivity index (χ4n) is 1.45. The summed E-state index contributed by atoms with van der Waals surface area (Å²) in [5.74, 6) is -0.939. The molecule has 0 saturated heterocycles. The summed E-state index contributed by atoms with van der Waals surface area (Å²) in [5.41, 5.74) is 0.321. The van der Waals surface area contributed by atoms with Crippen molar-refractivity contribution in [1.29, 1.82) is 0 Å². The van der Waals surface area contributed by atoms with Crippen LogP contribution in [-0.4, -0.2) is 18.1 Å². The molecule has 0 amide bonds. The molecule has 2 aromatic rings. The molecule has 0 aliphatic rings. The van der Waals surface area contributed by atoms with E-state index in [1.165, 1.54) is 13.3 Å². The zero-order valence-corrected chi connectivity index (χ0v) is 8.03. The van der Waals surface area contributed by atoms with Crippen LogP contribution in [0, 0.1) is 5.82 Å². The summed E-state index contributed by atoms with van der Waals surface area (Å²) in [7, 11) is 1.29. The van der Waals surface area contributed by atoms with Gasteiger partial charge in [0.05, 0.1) is 18.9 Å². The number of ether oxygens (including phenoxy) is 1. The first-order valence-corrected chi connectivity index (χ1v) is 4.34. The first-order chi connectivity index (χ1) is 7.24. The van der Waals surface area contributed by atoms with Crippen molar-refractivity contribution in [3.8, 4) is 0 Å². The van der Waals surface area contributed by atoms with Crippen molar-refractivity contribution in [1.82, 2.24) is 4.98 Å². The maximum absolute atomic E-state index is 13.3. The smallest absolute Gasteiger partial charge is 0.338 e. The molecule has 3 nitrogen and oxygen atoms in total. The van der Waals surface area contributed by atoms with Gasteiger partial charge >= 0.3 is 5.97 Å². The van der Waals surface area contributed by atoms with Gasteiger partial charge < -0.3 is 4.74 Å². The van der Waals surface area contributed by atoms with Gasteiger partial charge in [-0.1, -0.05) is 12.1 Å². The minimum atomic E-state index is -0.493. The summed E-state index contributed by atoms with van der Waals surface area (Å²) in [6.45, 7) is 0. The number of esters is 1. The van der Waals surface area contributed by atoms with Gasteiger partial charge in [0, 0.05) is 17.0 Å². The number of hydrogen-bond donors (Lipinski definition) is 0. The molecule has 0 unspecified atom stereocenters. The van der Waals surface area contributed by atoms with E-state index in [0.29, 0.717) is 16.3 Å². The van der Waals surface area contributed by atoms with Crippen LogP contribution < -0.4 is 0 Å². The average Bonchev–Trinajstić information content (AvgIpc) is 2.28. The Morgan fingerprint density at radius 3 is 2.87 bits per heavy atom. The van der Waals surface area contributed by atoms with Gasteiger partial charge in [-0.25, -0.2) is 9.18 Å². The van der Waals surface area contributed by atoms with Crippen LogP contribution in [0.2, 0.25) is 0 Å². The maximum atomic E-state index is 13.3. The number of hydrogen-bond acceptors (Lipinski definition) is 3. The topological polar surface area (TPSA) is 39.2 Å². The van der Waals surface area contributed by atoms with Gasteiger partial charge in [0.2, 0.25) is 0 Å². The van der Waals surface area contributed by atoms with Crippen molar-refractivity contribution < 1.29 is 13.9 Å². The molecule has 15 heavy (non-hydrogen) atoms. The van der Waals surface area contributed by atoms with Gasteiger partial charge in [-0.2, -0.15) is 0 Å². The van der Waals surface area contributed by atoms with Crippen LogP contribution in [0.15, 0.2) is 30.6 Å². The van der Waals surface area contributed by atoms with Crippen LogP contribution >= 0.6 is 0 Å². The van der Waals surface area contributed by atoms with Gasteiger partial charge in [-0.15, -0.1) is 0 Å². The normalized spacial score (nSPS) is 10.3. The van der Waals surface area contributed by atoms with Crippen LogP contribution in [0.1, 0.15) is 10.4 Å².